The Morgan fingerprint density at radius 1 is 1.16 bits per heavy atom. The molecule has 1 atom stereocenters. The van der Waals surface area contributed by atoms with Crippen molar-refractivity contribution in [3.8, 4) is 5.75 Å². The molecule has 2 aromatic rings. The molecule has 0 saturated carbocycles. The van der Waals surface area contributed by atoms with E-state index in [2.05, 4.69) is 0 Å². The van der Waals surface area contributed by atoms with Crippen LogP contribution in [0, 0.1) is 13.8 Å². The third-order valence-corrected chi connectivity index (χ3v) is 3.23. The van der Waals surface area contributed by atoms with Gasteiger partial charge in [0.25, 0.3) is 0 Å². The van der Waals surface area contributed by atoms with E-state index in [0.717, 1.165) is 16.7 Å². The van der Waals surface area contributed by atoms with Gasteiger partial charge in [-0.05, 0) is 43.2 Å². The van der Waals surface area contributed by atoms with Crippen molar-refractivity contribution >= 4 is 11.6 Å². The Kier molecular flexibility index (Phi) is 4.46. The third-order valence-electron chi connectivity index (χ3n) is 3.00. The van der Waals surface area contributed by atoms with Crippen LogP contribution in [0.4, 0.5) is 0 Å². The molecule has 0 aliphatic rings. The molecule has 2 nitrogen and oxygen atoms in total. The second kappa shape index (κ2) is 6.09. The maximum atomic E-state index is 10.2. The van der Waals surface area contributed by atoms with Crippen LogP contribution in [0.1, 0.15) is 22.8 Å². The van der Waals surface area contributed by atoms with Crippen LogP contribution in [-0.4, -0.2) is 11.7 Å². The second-order valence-electron chi connectivity index (χ2n) is 4.64. The molecule has 2 aromatic carbocycles. The number of halogens is 1. The van der Waals surface area contributed by atoms with Gasteiger partial charge in [0.15, 0.2) is 0 Å². The highest BCUT2D eigenvalue weighted by atomic mass is 35.5. The van der Waals surface area contributed by atoms with Gasteiger partial charge in [0.05, 0.1) is 0 Å². The van der Waals surface area contributed by atoms with Crippen molar-refractivity contribution in [2.45, 2.75) is 20.0 Å². The van der Waals surface area contributed by atoms with Crippen molar-refractivity contribution < 1.29 is 9.84 Å². The van der Waals surface area contributed by atoms with Gasteiger partial charge in [-0.1, -0.05) is 41.4 Å². The van der Waals surface area contributed by atoms with Crippen LogP contribution in [0.25, 0.3) is 0 Å². The molecule has 1 unspecified atom stereocenters. The summed E-state index contributed by atoms with van der Waals surface area (Å²) in [7, 11) is 0. The van der Waals surface area contributed by atoms with Crippen LogP contribution in [0.2, 0.25) is 5.02 Å². The van der Waals surface area contributed by atoms with E-state index in [1.165, 1.54) is 0 Å². The van der Waals surface area contributed by atoms with E-state index < -0.39 is 6.10 Å². The molecular formula is C16H17ClO2. The van der Waals surface area contributed by atoms with Crippen LogP contribution in [0.3, 0.4) is 0 Å². The zero-order chi connectivity index (χ0) is 13.8. The number of rotatable bonds is 4. The quantitative estimate of drug-likeness (QED) is 0.912. The molecule has 2 rings (SSSR count). The summed E-state index contributed by atoms with van der Waals surface area (Å²) in [6.45, 7) is 4.20. The minimum atomic E-state index is -0.640. The summed E-state index contributed by atoms with van der Waals surface area (Å²) >= 11 is 5.88. The number of aliphatic hydroxyl groups is 1. The van der Waals surface area contributed by atoms with Crippen molar-refractivity contribution in [3.05, 3.63) is 64.2 Å². The smallest absolute Gasteiger partial charge is 0.120 e. The highest BCUT2D eigenvalue weighted by molar-refractivity contribution is 6.30. The molecule has 3 heteroatoms. The van der Waals surface area contributed by atoms with Gasteiger partial charge >= 0.3 is 0 Å². The highest BCUT2D eigenvalue weighted by Crippen LogP contribution is 2.22. The molecule has 0 aliphatic heterocycles. The molecule has 100 valence electrons. The van der Waals surface area contributed by atoms with Crippen molar-refractivity contribution in [2.75, 3.05) is 6.61 Å². The first-order chi connectivity index (χ1) is 9.06. The highest BCUT2D eigenvalue weighted by Gasteiger charge is 2.11. The van der Waals surface area contributed by atoms with E-state index in [-0.39, 0.29) is 6.61 Å². The minimum absolute atomic E-state index is 0.213. The predicted octanol–water partition coefficient (Wildman–Crippen LogP) is 4.07. The number of ether oxygens (including phenoxy) is 1. The van der Waals surface area contributed by atoms with Crippen LogP contribution >= 0.6 is 11.6 Å². The van der Waals surface area contributed by atoms with Gasteiger partial charge in [-0.15, -0.1) is 0 Å². The number of hydrogen-bond donors (Lipinski definition) is 1. The molecule has 19 heavy (non-hydrogen) atoms. The largest absolute Gasteiger partial charge is 0.490 e. The Balaban J connectivity index is 2.05. The van der Waals surface area contributed by atoms with E-state index >= 15 is 0 Å². The molecular weight excluding hydrogens is 260 g/mol. The first kappa shape index (κ1) is 13.9. The molecule has 0 bridgehead atoms. The first-order valence-electron chi connectivity index (χ1n) is 6.20. The number of hydrogen-bond acceptors (Lipinski definition) is 2. The average Bonchev–Trinajstić information content (AvgIpc) is 2.39. The SMILES string of the molecule is Cc1ccc(C)c(C(O)COc2cccc(Cl)c2)c1. The lowest BCUT2D eigenvalue weighted by molar-refractivity contribution is 0.107. The van der Waals surface area contributed by atoms with Gasteiger partial charge < -0.3 is 9.84 Å². The molecule has 1 N–H and O–H groups in total. The molecule has 0 heterocycles. The van der Waals surface area contributed by atoms with E-state index in [0.29, 0.717) is 10.8 Å². The minimum Gasteiger partial charge on any atom is -0.490 e. The van der Waals surface area contributed by atoms with Crippen molar-refractivity contribution in [1.82, 2.24) is 0 Å². The Morgan fingerprint density at radius 2 is 1.95 bits per heavy atom. The first-order valence-corrected chi connectivity index (χ1v) is 6.57. The molecule has 0 fully saturated rings. The van der Waals surface area contributed by atoms with Gasteiger partial charge in [-0.2, -0.15) is 0 Å². The molecule has 0 aliphatic carbocycles. The monoisotopic (exact) mass is 276 g/mol. The summed E-state index contributed by atoms with van der Waals surface area (Å²) in [4.78, 5) is 0. The predicted molar refractivity (Wildman–Crippen MR) is 77.8 cm³/mol. The Labute approximate surface area is 118 Å². The number of aliphatic hydroxyl groups excluding tert-OH is 1. The molecule has 0 radical (unpaired) electrons. The molecule has 0 aromatic heterocycles. The lowest BCUT2D eigenvalue weighted by Crippen LogP contribution is -2.11. The lowest BCUT2D eigenvalue weighted by Gasteiger charge is -2.15. The third kappa shape index (κ3) is 3.72. The van der Waals surface area contributed by atoms with Crippen molar-refractivity contribution in [3.63, 3.8) is 0 Å². The summed E-state index contributed by atoms with van der Waals surface area (Å²) in [5, 5.41) is 10.8. The van der Waals surface area contributed by atoms with Gasteiger partial charge in [-0.3, -0.25) is 0 Å². The van der Waals surface area contributed by atoms with Gasteiger partial charge in [0.1, 0.15) is 18.5 Å². The van der Waals surface area contributed by atoms with E-state index in [9.17, 15) is 5.11 Å². The number of aryl methyl sites for hydroxylation is 2. The van der Waals surface area contributed by atoms with Crippen LogP contribution in [0.5, 0.6) is 5.75 Å². The molecule has 0 amide bonds. The molecule has 0 spiro atoms. The topological polar surface area (TPSA) is 29.5 Å². The van der Waals surface area contributed by atoms with Crippen molar-refractivity contribution in [2.24, 2.45) is 0 Å². The van der Waals surface area contributed by atoms with Crippen molar-refractivity contribution in [1.29, 1.82) is 0 Å². The summed E-state index contributed by atoms with van der Waals surface area (Å²) in [5.74, 6) is 0.664. The summed E-state index contributed by atoms with van der Waals surface area (Å²) in [5.41, 5.74) is 3.09. The second-order valence-corrected chi connectivity index (χ2v) is 5.08. The van der Waals surface area contributed by atoms with Gasteiger partial charge in [0.2, 0.25) is 0 Å². The van der Waals surface area contributed by atoms with Gasteiger partial charge in [0, 0.05) is 5.02 Å². The fourth-order valence-electron chi connectivity index (χ4n) is 1.94. The summed E-state index contributed by atoms with van der Waals surface area (Å²) in [6.07, 6.45) is -0.640. The Bertz CT molecular complexity index is 566. The summed E-state index contributed by atoms with van der Waals surface area (Å²) in [6, 6.07) is 13.2. The normalized spacial score (nSPS) is 12.2. The maximum Gasteiger partial charge on any atom is 0.120 e. The van der Waals surface area contributed by atoms with Crippen LogP contribution in [-0.2, 0) is 0 Å². The molecule has 0 saturated heterocycles. The number of benzene rings is 2. The fourth-order valence-corrected chi connectivity index (χ4v) is 2.12. The average molecular weight is 277 g/mol. The van der Waals surface area contributed by atoms with Gasteiger partial charge in [-0.25, -0.2) is 0 Å². The Morgan fingerprint density at radius 3 is 2.68 bits per heavy atom. The standard InChI is InChI=1S/C16H17ClO2/c1-11-6-7-12(2)15(8-11)16(18)10-19-14-5-3-4-13(17)9-14/h3-9,16,18H,10H2,1-2H3. The van der Waals surface area contributed by atoms with E-state index in [1.807, 2.05) is 44.2 Å². The van der Waals surface area contributed by atoms with Crippen LogP contribution < -0.4 is 4.74 Å². The summed E-state index contributed by atoms with van der Waals surface area (Å²) < 4.78 is 5.56. The van der Waals surface area contributed by atoms with Crippen LogP contribution in [0.15, 0.2) is 42.5 Å². The van der Waals surface area contributed by atoms with E-state index in [1.54, 1.807) is 12.1 Å². The Hall–Kier alpha value is -1.51. The maximum absolute atomic E-state index is 10.2. The lowest BCUT2D eigenvalue weighted by atomic mass is 10.0. The zero-order valence-corrected chi connectivity index (χ0v) is 11.8. The van der Waals surface area contributed by atoms with E-state index in [4.69, 9.17) is 16.3 Å². The fraction of sp³-hybridized carbons (Fsp3) is 0.250. The zero-order valence-electron chi connectivity index (χ0n) is 11.1.